The third-order valence-corrected chi connectivity index (χ3v) is 8.53. The molecule has 0 fully saturated rings. The van der Waals surface area contributed by atoms with E-state index in [9.17, 15) is 9.59 Å². The minimum Gasteiger partial charge on any atom is -0.497 e. The number of aromatic nitrogens is 1. The van der Waals surface area contributed by atoms with Gasteiger partial charge in [-0.05, 0) is 67.1 Å². The fraction of sp³-hybridized carbons (Fsp3) is 0.0938. The van der Waals surface area contributed by atoms with Gasteiger partial charge in [-0.25, -0.2) is 4.99 Å². The lowest BCUT2D eigenvalue weighted by Crippen LogP contribution is -2.40. The first kappa shape index (κ1) is 27.8. The zero-order valence-electron chi connectivity index (χ0n) is 22.4. The highest BCUT2D eigenvalue weighted by Crippen LogP contribution is 2.33. The number of furan rings is 1. The molecule has 0 saturated carbocycles. The molecule has 1 amide bonds. The first-order valence-corrected chi connectivity index (χ1v) is 14.5. The zero-order chi connectivity index (χ0) is 29.4. The Morgan fingerprint density at radius 1 is 1.02 bits per heavy atom. The van der Waals surface area contributed by atoms with Crippen molar-refractivity contribution in [3.05, 3.63) is 137 Å². The fourth-order valence-electron chi connectivity index (χ4n) is 4.82. The van der Waals surface area contributed by atoms with Crippen molar-refractivity contribution in [2.45, 2.75) is 13.0 Å². The maximum Gasteiger partial charge on any atom is 0.271 e. The number of thiazole rings is 1. The summed E-state index contributed by atoms with van der Waals surface area (Å²) in [7, 11) is 1.57. The van der Waals surface area contributed by atoms with Crippen molar-refractivity contribution < 1.29 is 13.9 Å². The van der Waals surface area contributed by atoms with E-state index in [1.54, 1.807) is 61.1 Å². The molecule has 10 heteroatoms. The lowest BCUT2D eigenvalue weighted by Gasteiger charge is -2.25. The largest absolute Gasteiger partial charge is 0.497 e. The fourth-order valence-corrected chi connectivity index (χ4v) is 6.15. The molecule has 0 bridgehead atoms. The summed E-state index contributed by atoms with van der Waals surface area (Å²) in [6.45, 7) is 1.78. The summed E-state index contributed by atoms with van der Waals surface area (Å²) in [6.07, 6.45) is 1.68. The van der Waals surface area contributed by atoms with Crippen LogP contribution in [0, 0.1) is 0 Å². The van der Waals surface area contributed by atoms with Gasteiger partial charge in [-0.1, -0.05) is 64.9 Å². The molecule has 5 aromatic rings. The minimum atomic E-state index is -0.731. The summed E-state index contributed by atoms with van der Waals surface area (Å²) in [4.78, 5) is 32.8. The van der Waals surface area contributed by atoms with Crippen molar-refractivity contribution in [3.63, 3.8) is 0 Å². The second kappa shape index (κ2) is 11.5. The molecule has 1 N–H and O–H groups in total. The van der Waals surface area contributed by atoms with E-state index in [-0.39, 0.29) is 11.5 Å². The molecule has 1 aliphatic rings. The quantitative estimate of drug-likeness (QED) is 0.238. The molecule has 3 aromatic carbocycles. The van der Waals surface area contributed by atoms with Crippen LogP contribution >= 0.6 is 34.5 Å². The number of rotatable bonds is 6. The molecule has 1 aliphatic heterocycles. The molecule has 42 heavy (non-hydrogen) atoms. The average molecular weight is 617 g/mol. The number of nitrogens with one attached hydrogen (secondary N) is 1. The average Bonchev–Trinajstić information content (AvgIpc) is 3.58. The van der Waals surface area contributed by atoms with Gasteiger partial charge >= 0.3 is 0 Å². The van der Waals surface area contributed by atoms with E-state index < -0.39 is 6.04 Å². The highest BCUT2D eigenvalue weighted by atomic mass is 35.5. The van der Waals surface area contributed by atoms with Crippen LogP contribution in [-0.4, -0.2) is 17.6 Å². The first-order valence-electron chi connectivity index (χ1n) is 12.9. The van der Waals surface area contributed by atoms with Crippen LogP contribution in [0.1, 0.15) is 24.3 Å². The predicted octanol–water partition coefficient (Wildman–Crippen LogP) is 6.45. The molecule has 6 rings (SSSR count). The molecule has 3 heterocycles. The Hall–Kier alpha value is -4.37. The number of carbonyl (C=O) groups excluding carboxylic acids is 1. The minimum absolute atomic E-state index is 0.295. The summed E-state index contributed by atoms with van der Waals surface area (Å²) in [5, 5.41) is 3.82. The van der Waals surface area contributed by atoms with Crippen molar-refractivity contribution in [3.8, 4) is 17.1 Å². The van der Waals surface area contributed by atoms with Crippen LogP contribution in [-0.2, 0) is 4.79 Å². The summed E-state index contributed by atoms with van der Waals surface area (Å²) in [6, 6.07) is 24.6. The molecular formula is C32H23Cl2N3O4S. The highest BCUT2D eigenvalue weighted by molar-refractivity contribution is 7.07. The number of hydrogen-bond acceptors (Lipinski definition) is 6. The van der Waals surface area contributed by atoms with Gasteiger partial charge in [0.05, 0.1) is 39.0 Å². The lowest BCUT2D eigenvalue weighted by atomic mass is 9.95. The molecule has 7 nitrogen and oxygen atoms in total. The normalized spacial score (nSPS) is 14.9. The van der Waals surface area contributed by atoms with Gasteiger partial charge in [-0.2, -0.15) is 0 Å². The van der Waals surface area contributed by atoms with Gasteiger partial charge in [-0.15, -0.1) is 0 Å². The Kier molecular flexibility index (Phi) is 7.60. The number of amides is 1. The topological polar surface area (TPSA) is 85.8 Å². The predicted molar refractivity (Wildman–Crippen MR) is 166 cm³/mol. The number of ether oxygens (including phenoxy) is 1. The Balaban J connectivity index is 1.45. The third-order valence-electron chi connectivity index (χ3n) is 6.81. The van der Waals surface area contributed by atoms with Crippen LogP contribution in [0.25, 0.3) is 17.4 Å². The van der Waals surface area contributed by atoms with Crippen molar-refractivity contribution in [1.82, 2.24) is 4.57 Å². The molecule has 1 unspecified atom stereocenters. The monoisotopic (exact) mass is 615 g/mol. The first-order chi connectivity index (χ1) is 20.3. The number of hydrogen-bond donors (Lipinski definition) is 1. The van der Waals surface area contributed by atoms with E-state index in [1.165, 1.54) is 11.3 Å². The molecule has 0 spiro atoms. The van der Waals surface area contributed by atoms with E-state index in [0.717, 1.165) is 11.1 Å². The second-order valence-corrected chi connectivity index (χ2v) is 11.3. The van der Waals surface area contributed by atoms with Gasteiger partial charge in [0.2, 0.25) is 0 Å². The highest BCUT2D eigenvalue weighted by Gasteiger charge is 2.32. The number of anilines is 1. The summed E-state index contributed by atoms with van der Waals surface area (Å²) >= 11 is 13.5. The number of carbonyl (C=O) groups is 1. The molecule has 1 atom stereocenters. The number of benzene rings is 3. The molecule has 0 saturated heterocycles. The number of fused-ring (bicyclic) bond motifs is 1. The number of halogens is 2. The zero-order valence-corrected chi connectivity index (χ0v) is 24.8. The Bertz CT molecular complexity index is 2040. The van der Waals surface area contributed by atoms with Gasteiger partial charge in [-0.3, -0.25) is 14.2 Å². The third kappa shape index (κ3) is 5.32. The summed E-state index contributed by atoms with van der Waals surface area (Å²) in [5.74, 6) is 1.33. The Morgan fingerprint density at radius 3 is 2.60 bits per heavy atom. The van der Waals surface area contributed by atoms with Crippen LogP contribution in [0.2, 0.25) is 10.0 Å². The number of para-hydroxylation sites is 1. The summed E-state index contributed by atoms with van der Waals surface area (Å²) < 4.78 is 13.5. The molecule has 0 aliphatic carbocycles. The van der Waals surface area contributed by atoms with Gasteiger partial charge in [0.25, 0.3) is 11.5 Å². The maximum atomic E-state index is 14.0. The van der Waals surface area contributed by atoms with Gasteiger partial charge in [0.1, 0.15) is 17.3 Å². The van der Waals surface area contributed by atoms with E-state index in [0.29, 0.717) is 53.6 Å². The van der Waals surface area contributed by atoms with Crippen LogP contribution in [0.4, 0.5) is 5.69 Å². The van der Waals surface area contributed by atoms with Crippen molar-refractivity contribution in [2.75, 3.05) is 12.4 Å². The van der Waals surface area contributed by atoms with Gasteiger partial charge in [0, 0.05) is 17.3 Å². The Labute approximate surface area is 254 Å². The molecule has 0 radical (unpaired) electrons. The van der Waals surface area contributed by atoms with E-state index in [1.807, 2.05) is 48.5 Å². The lowest BCUT2D eigenvalue weighted by molar-refractivity contribution is -0.113. The second-order valence-electron chi connectivity index (χ2n) is 9.51. The standard InChI is InChI=1S/C32H23Cl2N3O4S/c1-18-28(30(38)36-21-8-4-3-5-9-21)29(20-7-6-10-22(15-20)40-2)37-31(39)27(42-32(37)35-18)17-23-12-14-26(41-23)19-11-13-24(33)25(34)16-19/h3-17,29H,1-2H3,(H,36,38)/b27-17-. The molecule has 210 valence electrons. The van der Waals surface area contributed by atoms with E-state index in [2.05, 4.69) is 5.32 Å². The van der Waals surface area contributed by atoms with Crippen molar-refractivity contribution in [2.24, 2.45) is 4.99 Å². The van der Waals surface area contributed by atoms with Crippen LogP contribution < -0.4 is 24.9 Å². The summed E-state index contributed by atoms with van der Waals surface area (Å²) in [5.41, 5.74) is 2.70. The number of nitrogens with zero attached hydrogens (tertiary/aromatic N) is 2. The Morgan fingerprint density at radius 2 is 1.83 bits per heavy atom. The number of methoxy groups -OCH3 is 1. The molecule has 2 aromatic heterocycles. The van der Waals surface area contributed by atoms with Crippen LogP contribution in [0.15, 0.2) is 110 Å². The van der Waals surface area contributed by atoms with Crippen LogP contribution in [0.3, 0.4) is 0 Å². The van der Waals surface area contributed by atoms with Crippen molar-refractivity contribution in [1.29, 1.82) is 0 Å². The smallest absolute Gasteiger partial charge is 0.271 e. The maximum absolute atomic E-state index is 14.0. The van der Waals surface area contributed by atoms with Gasteiger partial charge in [0.15, 0.2) is 4.80 Å². The van der Waals surface area contributed by atoms with Crippen LogP contribution in [0.5, 0.6) is 5.75 Å². The molecular weight excluding hydrogens is 593 g/mol. The van der Waals surface area contributed by atoms with Crippen molar-refractivity contribution >= 4 is 52.2 Å². The van der Waals surface area contributed by atoms with E-state index in [4.69, 9.17) is 37.3 Å². The van der Waals surface area contributed by atoms with Gasteiger partial charge < -0.3 is 14.5 Å². The SMILES string of the molecule is COc1cccc(C2C(C(=O)Nc3ccccc3)=C(C)N=c3s/c(=C\c4ccc(-c5ccc(Cl)c(Cl)c5)o4)c(=O)n32)c1. The van der Waals surface area contributed by atoms with E-state index >= 15 is 0 Å². The number of allylic oxidation sites excluding steroid dienone is 1.